The molecule has 4 rings (SSSR count). The average molecular weight is 442 g/mol. The highest BCUT2D eigenvalue weighted by Gasteiger charge is 2.14. The molecule has 0 aliphatic rings. The molecule has 0 bridgehead atoms. The summed E-state index contributed by atoms with van der Waals surface area (Å²) in [6.07, 6.45) is 2.59. The largest absolute Gasteiger partial charge is 0.444 e. The molecule has 0 aliphatic heterocycles. The highest BCUT2D eigenvalue weighted by molar-refractivity contribution is 7.98. The van der Waals surface area contributed by atoms with E-state index in [1.807, 2.05) is 55.6 Å². The van der Waals surface area contributed by atoms with Crippen LogP contribution in [0.2, 0.25) is 0 Å². The van der Waals surface area contributed by atoms with Crippen LogP contribution in [0.5, 0.6) is 0 Å². The maximum atomic E-state index is 13.1. The Morgan fingerprint density at radius 2 is 2.07 bits per heavy atom. The van der Waals surface area contributed by atoms with Gasteiger partial charge in [-0.25, -0.2) is 9.97 Å². The molecule has 0 N–H and O–H groups in total. The fraction of sp³-hybridized carbons (Fsp3) is 0.318. The van der Waals surface area contributed by atoms with Crippen molar-refractivity contribution in [1.82, 2.24) is 14.5 Å². The molecular formula is C22H23N3O3S2. The number of rotatable bonds is 9. The molecular weight excluding hydrogens is 418 g/mol. The van der Waals surface area contributed by atoms with Crippen LogP contribution in [-0.2, 0) is 17.0 Å². The fourth-order valence-electron chi connectivity index (χ4n) is 3.02. The molecule has 3 heterocycles. The maximum Gasteiger partial charge on any atom is 0.262 e. The van der Waals surface area contributed by atoms with E-state index in [-0.39, 0.29) is 11.7 Å². The first-order valence-corrected chi connectivity index (χ1v) is 11.7. The molecule has 0 saturated heterocycles. The van der Waals surface area contributed by atoms with Crippen LogP contribution in [-0.4, -0.2) is 27.2 Å². The lowest BCUT2D eigenvalue weighted by molar-refractivity contribution is 0.0743. The molecule has 0 unspecified atom stereocenters. The summed E-state index contributed by atoms with van der Waals surface area (Å²) in [4.78, 5) is 23.4. The van der Waals surface area contributed by atoms with Gasteiger partial charge in [-0.05, 0) is 43.8 Å². The van der Waals surface area contributed by atoms with E-state index in [0.717, 1.165) is 17.0 Å². The van der Waals surface area contributed by atoms with E-state index in [2.05, 4.69) is 4.98 Å². The van der Waals surface area contributed by atoms with Gasteiger partial charge in [0.1, 0.15) is 6.26 Å². The molecule has 0 spiro atoms. The lowest BCUT2D eigenvalue weighted by Crippen LogP contribution is -2.24. The summed E-state index contributed by atoms with van der Waals surface area (Å²) in [5.74, 6) is 1.19. The van der Waals surface area contributed by atoms with Crippen molar-refractivity contribution < 1.29 is 9.15 Å². The molecule has 6 nitrogen and oxygen atoms in total. The van der Waals surface area contributed by atoms with Crippen molar-refractivity contribution in [3.05, 3.63) is 64.1 Å². The van der Waals surface area contributed by atoms with Crippen LogP contribution in [0.25, 0.3) is 21.7 Å². The van der Waals surface area contributed by atoms with Crippen molar-refractivity contribution in [3.8, 4) is 10.8 Å². The Bertz CT molecular complexity index is 1170. The van der Waals surface area contributed by atoms with Gasteiger partial charge in [0.15, 0.2) is 5.16 Å². The van der Waals surface area contributed by atoms with Crippen LogP contribution in [0.3, 0.4) is 0 Å². The third-order valence-corrected chi connectivity index (χ3v) is 6.30. The average Bonchev–Trinajstić information content (AvgIpc) is 3.43. The third-order valence-electron chi connectivity index (χ3n) is 4.44. The van der Waals surface area contributed by atoms with E-state index in [4.69, 9.17) is 14.1 Å². The Labute approximate surface area is 182 Å². The van der Waals surface area contributed by atoms with Gasteiger partial charge in [-0.3, -0.25) is 9.36 Å². The van der Waals surface area contributed by atoms with E-state index >= 15 is 0 Å². The maximum absolute atomic E-state index is 13.1. The van der Waals surface area contributed by atoms with Crippen LogP contribution < -0.4 is 5.56 Å². The highest BCUT2D eigenvalue weighted by atomic mass is 32.2. The number of ether oxygens (including phenoxy) is 1. The number of hydrogen-bond donors (Lipinski definition) is 0. The minimum atomic E-state index is -0.0212. The molecule has 0 atom stereocenters. The van der Waals surface area contributed by atoms with Gasteiger partial charge in [-0.2, -0.15) is 0 Å². The van der Waals surface area contributed by atoms with Gasteiger partial charge in [0.25, 0.3) is 5.56 Å². The van der Waals surface area contributed by atoms with E-state index in [9.17, 15) is 4.79 Å². The van der Waals surface area contributed by atoms with Gasteiger partial charge in [0, 0.05) is 18.9 Å². The predicted molar refractivity (Wildman–Crippen MR) is 121 cm³/mol. The Morgan fingerprint density at radius 1 is 1.20 bits per heavy atom. The van der Waals surface area contributed by atoms with Gasteiger partial charge in [0.2, 0.25) is 5.89 Å². The summed E-state index contributed by atoms with van der Waals surface area (Å²) in [6, 6.07) is 11.4. The minimum Gasteiger partial charge on any atom is -0.444 e. The highest BCUT2D eigenvalue weighted by Crippen LogP contribution is 2.27. The molecule has 0 amide bonds. The summed E-state index contributed by atoms with van der Waals surface area (Å²) in [6.45, 7) is 5.18. The number of benzene rings is 1. The quantitative estimate of drug-likeness (QED) is 0.201. The van der Waals surface area contributed by atoms with Crippen molar-refractivity contribution in [2.24, 2.45) is 0 Å². The lowest BCUT2D eigenvalue weighted by atomic mass is 10.2. The summed E-state index contributed by atoms with van der Waals surface area (Å²) < 4.78 is 13.0. The van der Waals surface area contributed by atoms with Crippen LogP contribution in [0.4, 0.5) is 0 Å². The van der Waals surface area contributed by atoms with Crippen LogP contribution >= 0.6 is 23.1 Å². The minimum absolute atomic E-state index is 0.0212. The van der Waals surface area contributed by atoms with E-state index in [1.54, 1.807) is 22.2 Å². The summed E-state index contributed by atoms with van der Waals surface area (Å²) in [7, 11) is 0. The monoisotopic (exact) mass is 441 g/mol. The lowest BCUT2D eigenvalue weighted by Gasteiger charge is -2.13. The molecule has 4 aromatic rings. The number of para-hydroxylation sites is 1. The number of aromatic nitrogens is 3. The summed E-state index contributed by atoms with van der Waals surface area (Å²) in [5.41, 5.74) is 1.51. The Balaban J connectivity index is 1.55. The van der Waals surface area contributed by atoms with Crippen LogP contribution in [0, 0.1) is 0 Å². The molecule has 0 radical (unpaired) electrons. The number of thioether (sulfide) groups is 1. The van der Waals surface area contributed by atoms with Crippen LogP contribution in [0.1, 0.15) is 26.0 Å². The summed E-state index contributed by atoms with van der Waals surface area (Å²) in [5, 5.41) is 3.31. The summed E-state index contributed by atoms with van der Waals surface area (Å²) >= 11 is 3.09. The molecule has 3 aromatic heterocycles. The number of thiophene rings is 1. The fourth-order valence-corrected chi connectivity index (χ4v) is 4.58. The van der Waals surface area contributed by atoms with Crippen LogP contribution in [0.15, 0.2) is 62.4 Å². The van der Waals surface area contributed by atoms with Crippen molar-refractivity contribution in [2.45, 2.75) is 43.8 Å². The Hall–Kier alpha value is -2.42. The van der Waals surface area contributed by atoms with Gasteiger partial charge in [-0.1, -0.05) is 30.0 Å². The van der Waals surface area contributed by atoms with Crippen molar-refractivity contribution >= 4 is 34.0 Å². The van der Waals surface area contributed by atoms with Crippen molar-refractivity contribution in [1.29, 1.82) is 0 Å². The molecule has 156 valence electrons. The molecule has 0 fully saturated rings. The third kappa shape index (κ3) is 4.83. The molecule has 30 heavy (non-hydrogen) atoms. The predicted octanol–water partition coefficient (Wildman–Crippen LogP) is 5.22. The van der Waals surface area contributed by atoms with Crippen molar-refractivity contribution in [2.75, 3.05) is 6.61 Å². The second-order valence-corrected chi connectivity index (χ2v) is 8.94. The topological polar surface area (TPSA) is 70.2 Å². The first-order chi connectivity index (χ1) is 14.6. The van der Waals surface area contributed by atoms with E-state index in [1.165, 1.54) is 11.8 Å². The number of fused-ring (bicyclic) bond motifs is 1. The standard InChI is InChI=1S/C22H23N3O3S2/c1-15(2)27-11-6-10-25-21(26)17-7-3-4-8-18(17)24-22(25)30-14-16-13-28-20(23-16)19-9-5-12-29-19/h3-5,7-9,12-13,15H,6,10-11,14H2,1-2H3. The zero-order valence-electron chi connectivity index (χ0n) is 16.9. The number of nitrogens with zero attached hydrogens (tertiary/aromatic N) is 3. The van der Waals surface area contributed by atoms with E-state index < -0.39 is 0 Å². The van der Waals surface area contributed by atoms with Crippen molar-refractivity contribution in [3.63, 3.8) is 0 Å². The normalized spacial score (nSPS) is 11.6. The molecule has 0 saturated carbocycles. The van der Waals surface area contributed by atoms with Gasteiger partial charge in [0.05, 0.1) is 27.6 Å². The second kappa shape index (κ2) is 9.59. The zero-order chi connectivity index (χ0) is 20.9. The number of hydrogen-bond acceptors (Lipinski definition) is 7. The Morgan fingerprint density at radius 3 is 2.87 bits per heavy atom. The molecule has 0 aliphatic carbocycles. The van der Waals surface area contributed by atoms with Gasteiger partial charge < -0.3 is 9.15 Å². The smallest absolute Gasteiger partial charge is 0.262 e. The first-order valence-electron chi connectivity index (χ1n) is 9.84. The van der Waals surface area contributed by atoms with Gasteiger partial charge >= 0.3 is 0 Å². The first kappa shape index (κ1) is 20.8. The Kier molecular flexibility index (Phi) is 6.66. The van der Waals surface area contributed by atoms with Gasteiger partial charge in [-0.15, -0.1) is 11.3 Å². The zero-order valence-corrected chi connectivity index (χ0v) is 18.5. The molecule has 1 aromatic carbocycles. The SMILES string of the molecule is CC(C)OCCCn1c(SCc2coc(-c3cccs3)n2)nc2ccccc2c1=O. The number of oxazole rings is 1. The van der Waals surface area contributed by atoms with E-state index in [0.29, 0.717) is 40.9 Å². The second-order valence-electron chi connectivity index (χ2n) is 7.05. The molecule has 8 heteroatoms.